The summed E-state index contributed by atoms with van der Waals surface area (Å²) in [5.74, 6) is 5.87. The molecule has 0 aromatic heterocycles. The molecular weight excluding hydrogens is 192 g/mol. The van der Waals surface area contributed by atoms with Crippen LogP contribution in [-0.4, -0.2) is 11.8 Å². The van der Waals surface area contributed by atoms with Crippen LogP contribution >= 0.6 is 11.8 Å². The minimum absolute atomic E-state index is 0.626. The van der Waals surface area contributed by atoms with E-state index in [1.54, 1.807) is 0 Å². The molecule has 0 amide bonds. The van der Waals surface area contributed by atoms with Gasteiger partial charge in [-0.15, -0.1) is 11.8 Å². The minimum Gasteiger partial charge on any atom is -0.310 e. The maximum atomic E-state index is 5.87. The van der Waals surface area contributed by atoms with Gasteiger partial charge in [0.1, 0.15) is 0 Å². The molecule has 1 aromatic carbocycles. The number of fused-ring (bicyclic) bond motifs is 1. The fourth-order valence-electron chi connectivity index (χ4n) is 1.73. The molecule has 0 fully saturated rings. The predicted molar refractivity (Wildman–Crippen MR) is 62.7 cm³/mol. The Hall–Kier alpha value is -0.670. The Balaban J connectivity index is 2.26. The first kappa shape index (κ1) is 9.87. The molecule has 1 aliphatic heterocycles. The molecule has 2 N–H and O–H groups in total. The van der Waals surface area contributed by atoms with Gasteiger partial charge in [0.05, 0.1) is 5.69 Å². The zero-order valence-electron chi connectivity index (χ0n) is 8.66. The third-order valence-electron chi connectivity index (χ3n) is 2.36. The number of anilines is 1. The van der Waals surface area contributed by atoms with E-state index < -0.39 is 0 Å². The molecule has 14 heavy (non-hydrogen) atoms. The van der Waals surface area contributed by atoms with Gasteiger partial charge in [0.2, 0.25) is 0 Å². The van der Waals surface area contributed by atoms with Crippen molar-refractivity contribution in [2.45, 2.75) is 30.4 Å². The Kier molecular flexibility index (Phi) is 2.70. The van der Waals surface area contributed by atoms with Crippen LogP contribution in [0.5, 0.6) is 0 Å². The highest BCUT2D eigenvalue weighted by Crippen LogP contribution is 2.32. The summed E-state index contributed by atoms with van der Waals surface area (Å²) >= 11 is 1.88. The van der Waals surface area contributed by atoms with Crippen molar-refractivity contribution in [3.05, 3.63) is 23.8 Å². The molecule has 0 unspecified atom stereocenters. The summed E-state index contributed by atoms with van der Waals surface area (Å²) in [6.45, 7) is 5.36. The van der Waals surface area contributed by atoms with E-state index in [0.717, 1.165) is 13.0 Å². The molecule has 0 saturated carbocycles. The lowest BCUT2D eigenvalue weighted by Crippen LogP contribution is -2.28. The van der Waals surface area contributed by atoms with E-state index in [0.29, 0.717) is 5.25 Å². The molecule has 1 aliphatic rings. The molecule has 0 atom stereocenters. The van der Waals surface area contributed by atoms with E-state index in [9.17, 15) is 0 Å². The van der Waals surface area contributed by atoms with Crippen molar-refractivity contribution in [1.29, 1.82) is 0 Å². The summed E-state index contributed by atoms with van der Waals surface area (Å²) < 4.78 is 0. The zero-order valence-corrected chi connectivity index (χ0v) is 9.47. The molecule has 1 aromatic rings. The molecule has 2 rings (SSSR count). The topological polar surface area (TPSA) is 29.3 Å². The van der Waals surface area contributed by atoms with Crippen LogP contribution in [0.4, 0.5) is 5.69 Å². The number of rotatable bonds is 2. The Bertz CT molecular complexity index is 336. The van der Waals surface area contributed by atoms with Gasteiger partial charge in [-0.05, 0) is 24.1 Å². The molecule has 3 heteroatoms. The van der Waals surface area contributed by atoms with Gasteiger partial charge < -0.3 is 5.01 Å². The second-order valence-corrected chi connectivity index (χ2v) is 5.55. The van der Waals surface area contributed by atoms with Crippen molar-refractivity contribution in [2.24, 2.45) is 5.84 Å². The highest BCUT2D eigenvalue weighted by Gasteiger charge is 2.16. The van der Waals surface area contributed by atoms with Crippen molar-refractivity contribution >= 4 is 17.4 Å². The average Bonchev–Trinajstić information content (AvgIpc) is 2.47. The monoisotopic (exact) mass is 208 g/mol. The standard InChI is InChI=1S/C11H16N2S/c1-8(2)14-10-4-3-9-5-6-13(12)11(9)7-10/h3-4,7-8H,5-6,12H2,1-2H3. The third kappa shape index (κ3) is 1.88. The highest BCUT2D eigenvalue weighted by atomic mass is 32.2. The molecule has 0 spiro atoms. The number of thioether (sulfide) groups is 1. The second-order valence-electron chi connectivity index (χ2n) is 3.90. The Morgan fingerprint density at radius 2 is 2.21 bits per heavy atom. The van der Waals surface area contributed by atoms with Crippen LogP contribution in [0.25, 0.3) is 0 Å². The lowest BCUT2D eigenvalue weighted by Gasteiger charge is -2.13. The maximum Gasteiger partial charge on any atom is 0.0561 e. The van der Waals surface area contributed by atoms with Crippen LogP contribution in [0.2, 0.25) is 0 Å². The molecule has 0 aliphatic carbocycles. The van der Waals surface area contributed by atoms with Gasteiger partial charge in [0.25, 0.3) is 0 Å². The molecule has 1 heterocycles. The van der Waals surface area contributed by atoms with Crippen LogP contribution < -0.4 is 10.9 Å². The van der Waals surface area contributed by atoms with Gasteiger partial charge in [-0.1, -0.05) is 19.9 Å². The van der Waals surface area contributed by atoms with E-state index in [2.05, 4.69) is 32.0 Å². The Morgan fingerprint density at radius 1 is 1.43 bits per heavy atom. The molecule has 0 saturated heterocycles. The van der Waals surface area contributed by atoms with Crippen molar-refractivity contribution in [3.63, 3.8) is 0 Å². The number of hydrazine groups is 1. The highest BCUT2D eigenvalue weighted by molar-refractivity contribution is 7.99. The third-order valence-corrected chi connectivity index (χ3v) is 3.36. The first-order valence-electron chi connectivity index (χ1n) is 4.98. The van der Waals surface area contributed by atoms with E-state index in [1.807, 2.05) is 16.8 Å². The van der Waals surface area contributed by atoms with E-state index >= 15 is 0 Å². The average molecular weight is 208 g/mol. The van der Waals surface area contributed by atoms with Gasteiger partial charge in [-0.3, -0.25) is 0 Å². The van der Waals surface area contributed by atoms with Gasteiger partial charge in [-0.25, -0.2) is 5.84 Å². The van der Waals surface area contributed by atoms with Crippen LogP contribution in [0.1, 0.15) is 19.4 Å². The molecule has 76 valence electrons. The van der Waals surface area contributed by atoms with Crippen LogP contribution in [0.15, 0.2) is 23.1 Å². The van der Waals surface area contributed by atoms with Crippen LogP contribution in [0.3, 0.4) is 0 Å². The predicted octanol–water partition coefficient (Wildman–Crippen LogP) is 2.42. The first-order valence-corrected chi connectivity index (χ1v) is 5.86. The number of nitrogens with two attached hydrogens (primary N) is 1. The number of hydrogen-bond donors (Lipinski definition) is 1. The summed E-state index contributed by atoms with van der Waals surface area (Å²) in [6, 6.07) is 6.60. The molecular formula is C11H16N2S. The van der Waals surface area contributed by atoms with E-state index in [-0.39, 0.29) is 0 Å². The van der Waals surface area contributed by atoms with Gasteiger partial charge >= 0.3 is 0 Å². The summed E-state index contributed by atoms with van der Waals surface area (Å²) in [6.07, 6.45) is 1.08. The summed E-state index contributed by atoms with van der Waals surface area (Å²) in [5.41, 5.74) is 2.58. The molecule has 0 bridgehead atoms. The minimum atomic E-state index is 0.626. The van der Waals surface area contributed by atoms with E-state index in [1.165, 1.54) is 16.1 Å². The quantitative estimate of drug-likeness (QED) is 0.598. The smallest absolute Gasteiger partial charge is 0.0561 e. The van der Waals surface area contributed by atoms with Crippen molar-refractivity contribution in [3.8, 4) is 0 Å². The van der Waals surface area contributed by atoms with Gasteiger partial charge in [-0.2, -0.15) is 0 Å². The number of nitrogens with zero attached hydrogens (tertiary/aromatic N) is 1. The van der Waals surface area contributed by atoms with Gasteiger partial charge in [0, 0.05) is 16.7 Å². The maximum absolute atomic E-state index is 5.87. The zero-order chi connectivity index (χ0) is 10.1. The number of benzene rings is 1. The fourth-order valence-corrected chi connectivity index (χ4v) is 2.60. The Morgan fingerprint density at radius 3 is 2.93 bits per heavy atom. The summed E-state index contributed by atoms with van der Waals surface area (Å²) in [4.78, 5) is 1.32. The van der Waals surface area contributed by atoms with Crippen molar-refractivity contribution in [2.75, 3.05) is 11.6 Å². The molecule has 0 radical (unpaired) electrons. The molecule has 2 nitrogen and oxygen atoms in total. The number of hydrogen-bond acceptors (Lipinski definition) is 3. The lowest BCUT2D eigenvalue weighted by atomic mass is 10.2. The summed E-state index contributed by atoms with van der Waals surface area (Å²) in [7, 11) is 0. The summed E-state index contributed by atoms with van der Waals surface area (Å²) in [5, 5.41) is 2.47. The Labute approximate surface area is 89.4 Å². The second kappa shape index (κ2) is 3.83. The normalized spacial score (nSPS) is 15.0. The van der Waals surface area contributed by atoms with Gasteiger partial charge in [0.15, 0.2) is 0 Å². The van der Waals surface area contributed by atoms with Crippen molar-refractivity contribution in [1.82, 2.24) is 0 Å². The van der Waals surface area contributed by atoms with E-state index in [4.69, 9.17) is 5.84 Å². The van der Waals surface area contributed by atoms with Crippen molar-refractivity contribution < 1.29 is 0 Å². The van der Waals surface area contributed by atoms with Crippen LogP contribution in [0, 0.1) is 0 Å². The fraction of sp³-hybridized carbons (Fsp3) is 0.455. The van der Waals surface area contributed by atoms with Crippen LogP contribution in [-0.2, 0) is 6.42 Å². The lowest BCUT2D eigenvalue weighted by molar-refractivity contribution is 0.891. The largest absolute Gasteiger partial charge is 0.310 e. The SMILES string of the molecule is CC(C)Sc1ccc2c(c1)N(N)CC2. The first-order chi connectivity index (χ1) is 6.66.